The van der Waals surface area contributed by atoms with E-state index in [-0.39, 0.29) is 0 Å². The van der Waals surface area contributed by atoms with Crippen molar-refractivity contribution in [2.24, 2.45) is 5.41 Å². The molecule has 3 rings (SSSR count). The van der Waals surface area contributed by atoms with Crippen LogP contribution in [0.3, 0.4) is 0 Å². The van der Waals surface area contributed by atoms with Crippen LogP contribution in [0.5, 0.6) is 0 Å². The van der Waals surface area contributed by atoms with E-state index in [1.165, 1.54) is 50.9 Å². The van der Waals surface area contributed by atoms with Gasteiger partial charge >= 0.3 is 0 Å². The lowest BCUT2D eigenvalue weighted by Gasteiger charge is -2.43. The molecule has 1 saturated heterocycles. The molecule has 0 bridgehead atoms. The van der Waals surface area contributed by atoms with Crippen molar-refractivity contribution in [3.8, 4) is 0 Å². The molecule has 0 amide bonds. The summed E-state index contributed by atoms with van der Waals surface area (Å²) in [5.41, 5.74) is 2.07. The first-order valence-electron chi connectivity index (χ1n) is 7.19. The van der Waals surface area contributed by atoms with Crippen LogP contribution >= 0.6 is 12.6 Å². The lowest BCUT2D eigenvalue weighted by atomic mass is 9.70. The van der Waals surface area contributed by atoms with E-state index < -0.39 is 0 Å². The van der Waals surface area contributed by atoms with Gasteiger partial charge in [0.05, 0.1) is 0 Å². The van der Waals surface area contributed by atoms with Crippen molar-refractivity contribution >= 4 is 12.6 Å². The fourth-order valence-electron chi connectivity index (χ4n) is 3.49. The van der Waals surface area contributed by atoms with Gasteiger partial charge in [-0.15, -0.1) is 0 Å². The molecule has 1 aliphatic heterocycles. The zero-order chi connectivity index (χ0) is 12.4. The van der Waals surface area contributed by atoms with Crippen LogP contribution in [0.15, 0.2) is 30.3 Å². The molecule has 1 atom stereocenters. The number of thiol groups is 1. The van der Waals surface area contributed by atoms with Gasteiger partial charge in [-0.2, -0.15) is 12.6 Å². The number of benzene rings is 1. The summed E-state index contributed by atoms with van der Waals surface area (Å²) < 4.78 is 0. The molecule has 1 aromatic carbocycles. The van der Waals surface area contributed by atoms with Crippen molar-refractivity contribution in [3.05, 3.63) is 35.9 Å². The topological polar surface area (TPSA) is 3.24 Å². The van der Waals surface area contributed by atoms with Crippen molar-refractivity contribution in [2.75, 3.05) is 25.4 Å². The van der Waals surface area contributed by atoms with Crippen molar-refractivity contribution in [3.63, 3.8) is 0 Å². The summed E-state index contributed by atoms with van der Waals surface area (Å²) in [6, 6.07) is 11.0. The summed E-state index contributed by atoms with van der Waals surface area (Å²) in [5, 5.41) is 0. The molecule has 2 fully saturated rings. The summed E-state index contributed by atoms with van der Waals surface area (Å²) in [4.78, 5) is 2.67. The number of nitrogens with zero attached hydrogens (tertiary/aromatic N) is 1. The van der Waals surface area contributed by atoms with Gasteiger partial charge in [-0.25, -0.2) is 0 Å². The van der Waals surface area contributed by atoms with Crippen LogP contribution in [-0.2, 0) is 0 Å². The third-order valence-corrected chi connectivity index (χ3v) is 5.52. The molecule has 1 saturated carbocycles. The Morgan fingerprint density at radius 3 is 2.61 bits per heavy atom. The maximum absolute atomic E-state index is 4.57. The Morgan fingerprint density at radius 2 is 2.00 bits per heavy atom. The SMILES string of the molecule is SCC1(CN2CCC(c3ccccc3)C2)CCC1. The highest BCUT2D eigenvalue weighted by Crippen LogP contribution is 2.43. The van der Waals surface area contributed by atoms with E-state index >= 15 is 0 Å². The molecule has 0 radical (unpaired) electrons. The second kappa shape index (κ2) is 5.26. The number of likely N-dealkylation sites (tertiary alicyclic amines) is 1. The Kier molecular flexibility index (Phi) is 3.67. The predicted molar refractivity (Wildman–Crippen MR) is 80.4 cm³/mol. The smallest absolute Gasteiger partial charge is 0.00510 e. The second-order valence-electron chi connectivity index (χ2n) is 6.14. The average Bonchev–Trinajstić information content (AvgIpc) is 2.83. The minimum Gasteiger partial charge on any atom is -0.302 e. The van der Waals surface area contributed by atoms with E-state index in [9.17, 15) is 0 Å². The molecule has 2 heteroatoms. The summed E-state index contributed by atoms with van der Waals surface area (Å²) in [6.07, 6.45) is 5.52. The predicted octanol–water partition coefficient (Wildman–Crippen LogP) is 3.58. The van der Waals surface area contributed by atoms with Gasteiger partial charge in [-0.05, 0) is 48.5 Å². The molecular formula is C16H23NS. The highest BCUT2D eigenvalue weighted by Gasteiger charge is 2.38. The minimum atomic E-state index is 0.550. The van der Waals surface area contributed by atoms with Crippen LogP contribution < -0.4 is 0 Å². The first-order valence-corrected chi connectivity index (χ1v) is 7.83. The van der Waals surface area contributed by atoms with Crippen LogP contribution in [0.2, 0.25) is 0 Å². The molecule has 0 N–H and O–H groups in total. The number of rotatable bonds is 4. The Labute approximate surface area is 116 Å². The van der Waals surface area contributed by atoms with Gasteiger partial charge in [0.1, 0.15) is 0 Å². The minimum absolute atomic E-state index is 0.550. The van der Waals surface area contributed by atoms with Crippen molar-refractivity contribution < 1.29 is 0 Å². The maximum Gasteiger partial charge on any atom is 0.00510 e. The van der Waals surface area contributed by atoms with Crippen molar-refractivity contribution in [1.29, 1.82) is 0 Å². The van der Waals surface area contributed by atoms with Crippen LogP contribution in [-0.4, -0.2) is 30.3 Å². The zero-order valence-electron chi connectivity index (χ0n) is 11.0. The van der Waals surface area contributed by atoms with Gasteiger partial charge in [-0.1, -0.05) is 36.8 Å². The van der Waals surface area contributed by atoms with E-state index in [1.807, 2.05) is 0 Å². The number of hydrogen-bond acceptors (Lipinski definition) is 2. The largest absolute Gasteiger partial charge is 0.302 e. The molecule has 18 heavy (non-hydrogen) atoms. The van der Waals surface area contributed by atoms with Crippen LogP contribution in [0.4, 0.5) is 0 Å². The van der Waals surface area contributed by atoms with Crippen LogP contribution in [0, 0.1) is 5.41 Å². The maximum atomic E-state index is 4.57. The third kappa shape index (κ3) is 2.46. The molecule has 1 aromatic rings. The lowest BCUT2D eigenvalue weighted by Crippen LogP contribution is -2.42. The fraction of sp³-hybridized carbons (Fsp3) is 0.625. The average molecular weight is 261 g/mol. The Bertz CT molecular complexity index is 380. The molecule has 1 heterocycles. The molecular weight excluding hydrogens is 238 g/mol. The monoisotopic (exact) mass is 261 g/mol. The normalized spacial score (nSPS) is 27.1. The summed E-state index contributed by atoms with van der Waals surface area (Å²) >= 11 is 4.57. The van der Waals surface area contributed by atoms with Gasteiger partial charge in [-0.3, -0.25) is 0 Å². The zero-order valence-corrected chi connectivity index (χ0v) is 11.9. The summed E-state index contributed by atoms with van der Waals surface area (Å²) in [5.74, 6) is 1.82. The Morgan fingerprint density at radius 1 is 1.22 bits per heavy atom. The van der Waals surface area contributed by atoms with Crippen LogP contribution in [0.1, 0.15) is 37.2 Å². The highest BCUT2D eigenvalue weighted by atomic mass is 32.1. The first-order chi connectivity index (χ1) is 8.81. The molecule has 98 valence electrons. The van der Waals surface area contributed by atoms with Gasteiger partial charge in [0.2, 0.25) is 0 Å². The molecule has 1 unspecified atom stereocenters. The number of hydrogen-bond donors (Lipinski definition) is 1. The van der Waals surface area contributed by atoms with E-state index in [0.29, 0.717) is 5.41 Å². The fourth-order valence-corrected chi connectivity index (χ4v) is 3.91. The standard InChI is InChI=1S/C16H23NS/c18-13-16(8-4-9-16)12-17-10-7-15(11-17)14-5-2-1-3-6-14/h1-3,5-6,15,18H,4,7-13H2. The van der Waals surface area contributed by atoms with Gasteiger partial charge < -0.3 is 4.90 Å². The first kappa shape index (κ1) is 12.6. The lowest BCUT2D eigenvalue weighted by molar-refractivity contribution is 0.103. The van der Waals surface area contributed by atoms with E-state index in [2.05, 4.69) is 47.9 Å². The summed E-state index contributed by atoms with van der Waals surface area (Å²) in [7, 11) is 0. The second-order valence-corrected chi connectivity index (χ2v) is 6.46. The van der Waals surface area contributed by atoms with Gasteiger partial charge in [0.25, 0.3) is 0 Å². The molecule has 1 aliphatic carbocycles. The van der Waals surface area contributed by atoms with Crippen molar-refractivity contribution in [2.45, 2.75) is 31.6 Å². The molecule has 0 spiro atoms. The highest BCUT2D eigenvalue weighted by molar-refractivity contribution is 7.80. The Balaban J connectivity index is 1.59. The van der Waals surface area contributed by atoms with E-state index in [1.54, 1.807) is 0 Å². The molecule has 1 nitrogen and oxygen atoms in total. The molecule has 2 aliphatic rings. The van der Waals surface area contributed by atoms with Gasteiger partial charge in [0, 0.05) is 13.1 Å². The van der Waals surface area contributed by atoms with Gasteiger partial charge in [0.15, 0.2) is 0 Å². The molecule has 0 aromatic heterocycles. The van der Waals surface area contributed by atoms with Crippen LogP contribution in [0.25, 0.3) is 0 Å². The summed E-state index contributed by atoms with van der Waals surface area (Å²) in [6.45, 7) is 3.80. The quantitative estimate of drug-likeness (QED) is 0.811. The van der Waals surface area contributed by atoms with E-state index in [0.717, 1.165) is 11.7 Å². The van der Waals surface area contributed by atoms with E-state index in [4.69, 9.17) is 0 Å². The third-order valence-electron chi connectivity index (χ3n) is 4.85. The van der Waals surface area contributed by atoms with Crippen molar-refractivity contribution in [1.82, 2.24) is 4.90 Å². The Hall–Kier alpha value is -0.470.